The van der Waals surface area contributed by atoms with Gasteiger partial charge in [-0.05, 0) is 31.4 Å². The first-order chi connectivity index (χ1) is 8.79. The quantitative estimate of drug-likeness (QED) is 0.334. The Morgan fingerprint density at radius 3 is 2.63 bits per heavy atom. The minimum atomic E-state index is -3.47. The maximum absolute atomic E-state index is 10.7. The van der Waals surface area contributed by atoms with Gasteiger partial charge in [0.25, 0.3) is 5.69 Å². The van der Waals surface area contributed by atoms with Gasteiger partial charge < -0.3 is 4.74 Å². The number of rotatable bonds is 7. The van der Waals surface area contributed by atoms with Crippen LogP contribution in [0.5, 0.6) is 5.75 Å². The van der Waals surface area contributed by atoms with E-state index in [4.69, 9.17) is 15.4 Å². The molecule has 6 nitrogen and oxygen atoms in total. The number of ether oxygens (including phenoxy) is 1. The summed E-state index contributed by atoms with van der Waals surface area (Å²) in [5, 5.41) is 10.6. The van der Waals surface area contributed by atoms with Crippen LogP contribution in [-0.4, -0.2) is 25.7 Å². The number of nitro benzene ring substituents is 1. The molecule has 0 fully saturated rings. The summed E-state index contributed by atoms with van der Waals surface area (Å²) >= 11 is 0. The Labute approximate surface area is 115 Å². The summed E-state index contributed by atoms with van der Waals surface area (Å²) < 4.78 is 26.8. The van der Waals surface area contributed by atoms with Gasteiger partial charge in [0.15, 0.2) is 0 Å². The van der Waals surface area contributed by atoms with Crippen molar-refractivity contribution in [1.29, 1.82) is 0 Å². The number of nitrogens with zero attached hydrogens (tertiary/aromatic N) is 1. The summed E-state index contributed by atoms with van der Waals surface area (Å²) in [6, 6.07) is 4.37. The van der Waals surface area contributed by atoms with Crippen LogP contribution in [0.25, 0.3) is 0 Å². The lowest BCUT2D eigenvalue weighted by Gasteiger charge is -2.08. The minimum absolute atomic E-state index is 0.0380. The van der Waals surface area contributed by atoms with Crippen molar-refractivity contribution in [1.82, 2.24) is 0 Å². The molecule has 1 aromatic rings. The van der Waals surface area contributed by atoms with Crippen molar-refractivity contribution in [3.05, 3.63) is 33.9 Å². The Hall–Kier alpha value is -1.34. The molecule has 0 radical (unpaired) electrons. The van der Waals surface area contributed by atoms with Gasteiger partial charge in [0.1, 0.15) is 5.75 Å². The first-order valence-corrected chi connectivity index (χ1v) is 8.07. The van der Waals surface area contributed by atoms with E-state index in [1.807, 2.05) is 0 Å². The maximum atomic E-state index is 10.7. The van der Waals surface area contributed by atoms with E-state index >= 15 is 0 Å². The molecule has 0 saturated carbocycles. The van der Waals surface area contributed by atoms with Crippen LogP contribution in [0.15, 0.2) is 18.2 Å². The highest BCUT2D eigenvalue weighted by Crippen LogP contribution is 2.24. The van der Waals surface area contributed by atoms with Crippen LogP contribution in [0.1, 0.15) is 18.4 Å². The van der Waals surface area contributed by atoms with Gasteiger partial charge in [0.05, 0.1) is 23.3 Å². The van der Waals surface area contributed by atoms with Crippen LogP contribution in [0.4, 0.5) is 5.69 Å². The lowest BCUT2D eigenvalue weighted by molar-refractivity contribution is -0.384. The van der Waals surface area contributed by atoms with Crippen molar-refractivity contribution in [2.45, 2.75) is 19.8 Å². The van der Waals surface area contributed by atoms with Crippen molar-refractivity contribution < 1.29 is 18.1 Å². The fourth-order valence-corrected chi connectivity index (χ4v) is 2.29. The van der Waals surface area contributed by atoms with Crippen molar-refractivity contribution in [3.8, 4) is 5.75 Å². The third kappa shape index (κ3) is 5.89. The van der Waals surface area contributed by atoms with Crippen molar-refractivity contribution in [2.24, 2.45) is 0 Å². The zero-order valence-electron chi connectivity index (χ0n) is 10.3. The van der Waals surface area contributed by atoms with E-state index in [1.165, 1.54) is 12.1 Å². The van der Waals surface area contributed by atoms with Gasteiger partial charge in [-0.25, -0.2) is 8.42 Å². The standard InChI is InChI=1S/C11H14ClNO5S/c1-9-4-5-10(13(14)15)8-11(9)18-6-2-3-7-19(12,16)17/h4-5,8H,2-3,6-7H2,1H3. The van der Waals surface area contributed by atoms with Crippen LogP contribution in [0, 0.1) is 17.0 Å². The van der Waals surface area contributed by atoms with Crippen LogP contribution in [-0.2, 0) is 9.05 Å². The normalized spacial score (nSPS) is 11.3. The van der Waals surface area contributed by atoms with E-state index in [2.05, 4.69) is 0 Å². The van der Waals surface area contributed by atoms with E-state index in [-0.39, 0.29) is 18.0 Å². The molecule has 0 bridgehead atoms. The van der Waals surface area contributed by atoms with E-state index < -0.39 is 14.0 Å². The fourth-order valence-electron chi connectivity index (χ4n) is 1.42. The molecule has 0 spiro atoms. The number of non-ortho nitro benzene ring substituents is 1. The number of benzene rings is 1. The van der Waals surface area contributed by atoms with Gasteiger partial charge in [0, 0.05) is 16.7 Å². The number of nitro groups is 1. The monoisotopic (exact) mass is 307 g/mol. The lowest BCUT2D eigenvalue weighted by atomic mass is 10.2. The van der Waals surface area contributed by atoms with Gasteiger partial charge in [-0.15, -0.1) is 0 Å². The van der Waals surface area contributed by atoms with Crippen molar-refractivity contribution >= 4 is 25.4 Å². The van der Waals surface area contributed by atoms with Gasteiger partial charge in [-0.1, -0.05) is 0 Å². The molecule has 8 heteroatoms. The van der Waals surface area contributed by atoms with E-state index in [0.29, 0.717) is 18.6 Å². The molecule has 0 unspecified atom stereocenters. The lowest BCUT2D eigenvalue weighted by Crippen LogP contribution is -2.03. The van der Waals surface area contributed by atoms with Gasteiger partial charge >= 0.3 is 0 Å². The molecule has 0 heterocycles. The molecule has 0 saturated heterocycles. The Morgan fingerprint density at radius 2 is 2.05 bits per heavy atom. The van der Waals surface area contributed by atoms with Crippen LogP contribution >= 0.6 is 10.7 Å². The van der Waals surface area contributed by atoms with E-state index in [9.17, 15) is 18.5 Å². The first kappa shape index (κ1) is 15.7. The number of aryl methyl sites for hydroxylation is 1. The third-order valence-corrected chi connectivity index (χ3v) is 3.66. The largest absolute Gasteiger partial charge is 0.493 e. The SMILES string of the molecule is Cc1ccc([N+](=O)[O-])cc1OCCCCS(=O)(=O)Cl. The molecule has 1 rings (SSSR count). The highest BCUT2D eigenvalue weighted by Gasteiger charge is 2.10. The molecule has 106 valence electrons. The highest BCUT2D eigenvalue weighted by atomic mass is 35.7. The molecule has 0 aliphatic heterocycles. The maximum Gasteiger partial charge on any atom is 0.273 e. The van der Waals surface area contributed by atoms with Gasteiger partial charge in [-0.3, -0.25) is 10.1 Å². The number of hydrogen-bond acceptors (Lipinski definition) is 5. The van der Waals surface area contributed by atoms with Crippen molar-refractivity contribution in [3.63, 3.8) is 0 Å². The Kier molecular flexibility index (Phi) is 5.56. The smallest absolute Gasteiger partial charge is 0.273 e. The molecule has 0 atom stereocenters. The van der Waals surface area contributed by atoms with E-state index in [0.717, 1.165) is 5.56 Å². The molecular formula is C11H14ClNO5S. The summed E-state index contributed by atoms with van der Waals surface area (Å²) in [6.45, 7) is 2.07. The Morgan fingerprint density at radius 1 is 1.37 bits per heavy atom. The average molecular weight is 308 g/mol. The Bertz CT molecular complexity index is 558. The molecule has 0 aromatic heterocycles. The molecule has 0 aliphatic rings. The second-order valence-corrected chi connectivity index (χ2v) is 6.90. The van der Waals surface area contributed by atoms with E-state index in [1.54, 1.807) is 13.0 Å². The van der Waals surface area contributed by atoms with Gasteiger partial charge in [-0.2, -0.15) is 0 Å². The summed E-state index contributed by atoms with van der Waals surface area (Å²) in [4.78, 5) is 10.1. The number of halogens is 1. The Balaban J connectivity index is 2.49. The molecule has 1 aromatic carbocycles. The highest BCUT2D eigenvalue weighted by molar-refractivity contribution is 8.13. The predicted molar refractivity (Wildman–Crippen MR) is 72.2 cm³/mol. The molecule has 0 amide bonds. The average Bonchev–Trinajstić information content (AvgIpc) is 2.29. The molecule has 19 heavy (non-hydrogen) atoms. The minimum Gasteiger partial charge on any atom is -0.493 e. The second-order valence-electron chi connectivity index (χ2n) is 4.01. The summed E-state index contributed by atoms with van der Waals surface area (Å²) in [5.41, 5.74) is 0.750. The van der Waals surface area contributed by atoms with Gasteiger partial charge in [0.2, 0.25) is 9.05 Å². The third-order valence-electron chi connectivity index (χ3n) is 2.42. The first-order valence-electron chi connectivity index (χ1n) is 5.60. The number of hydrogen-bond donors (Lipinski definition) is 0. The molecule has 0 aliphatic carbocycles. The zero-order chi connectivity index (χ0) is 14.5. The summed E-state index contributed by atoms with van der Waals surface area (Å²) in [6.07, 6.45) is 0.897. The topological polar surface area (TPSA) is 86.5 Å². The molecule has 0 N–H and O–H groups in total. The molecular weight excluding hydrogens is 294 g/mol. The fraction of sp³-hybridized carbons (Fsp3) is 0.455. The predicted octanol–water partition coefficient (Wildman–Crippen LogP) is 2.63. The summed E-state index contributed by atoms with van der Waals surface area (Å²) in [5.74, 6) is 0.328. The second kappa shape index (κ2) is 6.72. The van der Waals surface area contributed by atoms with Crippen LogP contribution in [0.3, 0.4) is 0 Å². The van der Waals surface area contributed by atoms with Crippen molar-refractivity contribution in [2.75, 3.05) is 12.4 Å². The van der Waals surface area contributed by atoms with Crippen LogP contribution in [0.2, 0.25) is 0 Å². The number of unbranched alkanes of at least 4 members (excludes halogenated alkanes) is 1. The summed E-state index contributed by atoms with van der Waals surface area (Å²) in [7, 11) is 1.60. The zero-order valence-corrected chi connectivity index (χ0v) is 11.9. The van der Waals surface area contributed by atoms with Crippen LogP contribution < -0.4 is 4.74 Å².